The third kappa shape index (κ3) is 8.82. The van der Waals surface area contributed by atoms with Gasteiger partial charge < -0.3 is 42.7 Å². The van der Waals surface area contributed by atoms with Crippen LogP contribution in [0.3, 0.4) is 0 Å². The second-order valence-electron chi connectivity index (χ2n) is 15.0. The van der Waals surface area contributed by atoms with Crippen molar-refractivity contribution in [1.82, 2.24) is 0 Å². The molecule has 10 atom stereocenters. The first-order valence-electron chi connectivity index (χ1n) is 17.7. The van der Waals surface area contributed by atoms with Crippen molar-refractivity contribution in [3.63, 3.8) is 0 Å². The standard InChI is InChI=1S/C39H48O14Si/c1-21(40)48-33-31(51-36(38(45)46-6)35(49-22(2)41)34(33)52-37(44)24-17-13-10-14-18-24)28(43)25-19-26-29(53-54(7,8)39(3,4)5)32(30(50-26)27(25)42)47-20-23-15-11-9-12-16-23/h9-19,26,28-36,43H,20H2,1-8H3/t26-,28-,29-,30+,31-,32+,33+,34+,35-,36+/m1/s1. The van der Waals surface area contributed by atoms with E-state index in [2.05, 4.69) is 33.9 Å². The highest BCUT2D eigenvalue weighted by Gasteiger charge is 2.60. The highest BCUT2D eigenvalue weighted by atomic mass is 28.4. The number of hydrogen-bond acceptors (Lipinski definition) is 14. The Morgan fingerprint density at radius 1 is 0.815 bits per heavy atom. The van der Waals surface area contributed by atoms with Gasteiger partial charge >= 0.3 is 23.9 Å². The van der Waals surface area contributed by atoms with Gasteiger partial charge in [0.25, 0.3) is 0 Å². The van der Waals surface area contributed by atoms with Crippen molar-refractivity contribution in [1.29, 1.82) is 0 Å². The van der Waals surface area contributed by atoms with Crippen LogP contribution in [-0.4, -0.2) is 111 Å². The molecule has 5 rings (SSSR count). The molecule has 54 heavy (non-hydrogen) atoms. The zero-order valence-corrected chi connectivity index (χ0v) is 32.6. The molecule has 14 nitrogen and oxygen atoms in total. The Bertz CT molecular complexity index is 1720. The quantitative estimate of drug-likeness (QED) is 0.188. The Morgan fingerprint density at radius 3 is 1.98 bits per heavy atom. The van der Waals surface area contributed by atoms with Gasteiger partial charge in [0.2, 0.25) is 0 Å². The number of hydrogen-bond donors (Lipinski definition) is 1. The van der Waals surface area contributed by atoms with Crippen LogP contribution in [0.1, 0.15) is 50.5 Å². The van der Waals surface area contributed by atoms with Crippen molar-refractivity contribution in [2.75, 3.05) is 7.11 Å². The van der Waals surface area contributed by atoms with Crippen molar-refractivity contribution in [2.45, 2.75) is 120 Å². The molecule has 3 heterocycles. The zero-order valence-electron chi connectivity index (χ0n) is 31.6. The molecule has 2 bridgehead atoms. The summed E-state index contributed by atoms with van der Waals surface area (Å²) >= 11 is 0. The van der Waals surface area contributed by atoms with Crippen molar-refractivity contribution >= 4 is 38.0 Å². The number of esters is 4. The molecule has 0 aliphatic carbocycles. The number of Topliss-reactive ketones (excluding diaryl/α,β-unsaturated/α-hetero) is 1. The number of carbonyl (C=O) groups is 5. The van der Waals surface area contributed by atoms with Gasteiger partial charge in [0.1, 0.15) is 36.6 Å². The normalized spacial score (nSPS) is 28.7. The third-order valence-electron chi connectivity index (χ3n) is 10.2. The lowest BCUT2D eigenvalue weighted by molar-refractivity contribution is -0.253. The van der Waals surface area contributed by atoms with Gasteiger partial charge in [-0.05, 0) is 41.9 Å². The van der Waals surface area contributed by atoms with Gasteiger partial charge in [-0.1, -0.05) is 69.3 Å². The number of carbonyl (C=O) groups excluding carboxylic acids is 5. The molecule has 15 heteroatoms. The Hall–Kier alpha value is -4.25. The monoisotopic (exact) mass is 768 g/mol. The molecule has 1 N–H and O–H groups in total. The van der Waals surface area contributed by atoms with Gasteiger partial charge in [-0.3, -0.25) is 14.4 Å². The number of ketones is 1. The molecule has 2 aromatic rings. The minimum atomic E-state index is -2.50. The maximum Gasteiger partial charge on any atom is 0.339 e. The minimum absolute atomic E-state index is 0.0899. The van der Waals surface area contributed by atoms with Gasteiger partial charge in [-0.25, -0.2) is 9.59 Å². The molecule has 0 radical (unpaired) electrons. The second-order valence-corrected chi connectivity index (χ2v) is 19.7. The predicted molar refractivity (Wildman–Crippen MR) is 192 cm³/mol. The van der Waals surface area contributed by atoms with Crippen molar-refractivity contribution in [2.24, 2.45) is 0 Å². The van der Waals surface area contributed by atoms with Crippen molar-refractivity contribution < 1.29 is 66.7 Å². The maximum atomic E-state index is 14.4. The number of aliphatic hydroxyl groups is 1. The van der Waals surface area contributed by atoms with Gasteiger partial charge in [0.05, 0.1) is 19.3 Å². The summed E-state index contributed by atoms with van der Waals surface area (Å²) < 4.78 is 47.3. The third-order valence-corrected chi connectivity index (χ3v) is 14.6. The van der Waals surface area contributed by atoms with Crippen LogP contribution in [0, 0.1) is 0 Å². The van der Waals surface area contributed by atoms with Crippen LogP contribution in [0.15, 0.2) is 72.3 Å². The molecule has 2 saturated heterocycles. The molecular formula is C39H48O14Si. The largest absolute Gasteiger partial charge is 0.467 e. The fourth-order valence-corrected chi connectivity index (χ4v) is 7.75. The highest BCUT2D eigenvalue weighted by molar-refractivity contribution is 6.74. The fourth-order valence-electron chi connectivity index (χ4n) is 6.45. The zero-order chi connectivity index (χ0) is 39.5. The predicted octanol–water partition coefficient (Wildman–Crippen LogP) is 3.63. The number of fused-ring (bicyclic) bond motifs is 2. The van der Waals surface area contributed by atoms with Crippen LogP contribution in [-0.2, 0) is 63.4 Å². The molecule has 0 unspecified atom stereocenters. The number of ether oxygens (including phenoxy) is 7. The Kier molecular flexibility index (Phi) is 12.6. The SMILES string of the molecule is COC(=O)[C@H]1O[C@H]([C@H](O)C2=C[C@H]3O[C@@H](C2=O)[C@@H](OCc2ccccc2)[C@@H]3O[Si](C)(C)C(C)(C)C)[C@H](OC(C)=O)[C@H](OC(=O)c2ccccc2)[C@H]1OC(C)=O. The minimum Gasteiger partial charge on any atom is -0.467 e. The van der Waals surface area contributed by atoms with Crippen molar-refractivity contribution in [3.05, 3.63) is 83.4 Å². The summed E-state index contributed by atoms with van der Waals surface area (Å²) in [5, 5.41) is 11.9. The number of methoxy groups -OCH3 is 1. The van der Waals surface area contributed by atoms with E-state index in [4.69, 9.17) is 37.6 Å². The molecule has 3 aliphatic rings. The summed E-state index contributed by atoms with van der Waals surface area (Å²) in [6, 6.07) is 17.2. The van der Waals surface area contributed by atoms with Gasteiger partial charge in [-0.2, -0.15) is 0 Å². The van der Waals surface area contributed by atoms with E-state index in [1.165, 1.54) is 18.2 Å². The van der Waals surface area contributed by atoms with Gasteiger partial charge in [0, 0.05) is 19.4 Å². The molecule has 2 fully saturated rings. The van der Waals surface area contributed by atoms with E-state index in [-0.39, 0.29) is 22.8 Å². The second kappa shape index (κ2) is 16.6. The highest BCUT2D eigenvalue weighted by Crippen LogP contribution is 2.44. The molecule has 0 amide bonds. The lowest BCUT2D eigenvalue weighted by atomic mass is 9.86. The average molecular weight is 769 g/mol. The van der Waals surface area contributed by atoms with Crippen LogP contribution in [0.4, 0.5) is 0 Å². The summed E-state index contributed by atoms with van der Waals surface area (Å²) in [5.41, 5.74) is 0.764. The molecule has 0 aromatic heterocycles. The number of benzene rings is 2. The van der Waals surface area contributed by atoms with E-state index in [0.717, 1.165) is 26.5 Å². The topological polar surface area (TPSA) is 179 Å². The van der Waals surface area contributed by atoms with E-state index in [1.54, 1.807) is 18.2 Å². The average Bonchev–Trinajstić information content (AvgIpc) is 3.40. The van der Waals surface area contributed by atoms with Crippen LogP contribution >= 0.6 is 0 Å². The smallest absolute Gasteiger partial charge is 0.339 e. The fraction of sp³-hybridized carbons (Fsp3) is 0.513. The van der Waals surface area contributed by atoms with E-state index < -0.39 is 99.0 Å². The van der Waals surface area contributed by atoms with Crippen LogP contribution < -0.4 is 0 Å². The van der Waals surface area contributed by atoms with Crippen molar-refractivity contribution in [3.8, 4) is 0 Å². The molecule has 292 valence electrons. The molecule has 0 spiro atoms. The Balaban J connectivity index is 1.55. The summed E-state index contributed by atoms with van der Waals surface area (Å²) in [4.78, 5) is 65.9. The van der Waals surface area contributed by atoms with E-state index in [0.29, 0.717) is 0 Å². The lowest BCUT2D eigenvalue weighted by Crippen LogP contribution is -2.66. The van der Waals surface area contributed by atoms with Crippen LogP contribution in [0.25, 0.3) is 0 Å². The first-order chi connectivity index (χ1) is 25.4. The summed E-state index contributed by atoms with van der Waals surface area (Å²) in [6.07, 6.45) is -12.8. The van der Waals surface area contributed by atoms with Gasteiger partial charge in [0.15, 0.2) is 38.5 Å². The molecule has 2 aromatic carbocycles. The molecular weight excluding hydrogens is 721 g/mol. The Labute approximate surface area is 315 Å². The van der Waals surface area contributed by atoms with E-state index >= 15 is 0 Å². The van der Waals surface area contributed by atoms with E-state index in [9.17, 15) is 29.1 Å². The maximum absolute atomic E-state index is 14.4. The summed E-state index contributed by atoms with van der Waals surface area (Å²) in [6.45, 7) is 12.6. The van der Waals surface area contributed by atoms with Gasteiger partial charge in [-0.15, -0.1) is 0 Å². The number of aliphatic hydroxyl groups excluding tert-OH is 1. The first kappa shape index (κ1) is 40.9. The molecule has 3 aliphatic heterocycles. The lowest BCUT2D eigenvalue weighted by Gasteiger charge is -2.45. The van der Waals surface area contributed by atoms with Crippen LogP contribution in [0.5, 0.6) is 0 Å². The summed E-state index contributed by atoms with van der Waals surface area (Å²) in [7, 11) is -1.44. The summed E-state index contributed by atoms with van der Waals surface area (Å²) in [5.74, 6) is -4.39. The van der Waals surface area contributed by atoms with Crippen LogP contribution in [0.2, 0.25) is 18.1 Å². The first-order valence-corrected chi connectivity index (χ1v) is 20.6. The number of rotatable bonds is 12. The molecule has 0 saturated carbocycles. The van der Waals surface area contributed by atoms with E-state index in [1.807, 2.05) is 30.3 Å². The Morgan fingerprint density at radius 2 is 1.41 bits per heavy atom.